The van der Waals surface area contributed by atoms with E-state index in [0.29, 0.717) is 23.1 Å². The predicted molar refractivity (Wildman–Crippen MR) is 76.0 cm³/mol. The molecule has 94 valence electrons. The summed E-state index contributed by atoms with van der Waals surface area (Å²) in [4.78, 5) is 0. The van der Waals surface area contributed by atoms with Crippen LogP contribution in [0.15, 0.2) is 30.3 Å². The van der Waals surface area contributed by atoms with Crippen LogP contribution in [-0.2, 0) is 0 Å². The molecule has 2 nitrogen and oxygen atoms in total. The molecule has 1 aromatic carbocycles. The van der Waals surface area contributed by atoms with Gasteiger partial charge in [0.25, 0.3) is 0 Å². The third-order valence-corrected chi connectivity index (χ3v) is 4.63. The molecule has 1 fully saturated rings. The fourth-order valence-electron chi connectivity index (χ4n) is 2.33. The quantitative estimate of drug-likeness (QED) is 0.602. The van der Waals surface area contributed by atoms with Crippen molar-refractivity contribution in [1.82, 2.24) is 5.43 Å². The van der Waals surface area contributed by atoms with E-state index in [1.54, 1.807) is 0 Å². The maximum atomic E-state index is 5.68. The molecule has 0 spiro atoms. The first-order valence-electron chi connectivity index (χ1n) is 6.35. The monoisotopic (exact) mass is 250 g/mol. The van der Waals surface area contributed by atoms with Crippen LogP contribution in [0.2, 0.25) is 0 Å². The first kappa shape index (κ1) is 12.9. The highest BCUT2D eigenvalue weighted by Crippen LogP contribution is 2.49. The van der Waals surface area contributed by atoms with Gasteiger partial charge in [0.1, 0.15) is 0 Å². The van der Waals surface area contributed by atoms with Gasteiger partial charge in [-0.2, -0.15) is 11.8 Å². The van der Waals surface area contributed by atoms with Crippen LogP contribution in [0.1, 0.15) is 31.7 Å². The summed E-state index contributed by atoms with van der Waals surface area (Å²) in [6, 6.07) is 11.2. The Labute approximate surface area is 108 Å². The molecule has 3 unspecified atom stereocenters. The number of nitrogens with one attached hydrogen (secondary N) is 1. The minimum absolute atomic E-state index is 0.451. The lowest BCUT2D eigenvalue weighted by Gasteiger charge is -2.16. The smallest absolute Gasteiger partial charge is 0.0335 e. The maximum Gasteiger partial charge on any atom is 0.0335 e. The van der Waals surface area contributed by atoms with Crippen LogP contribution in [0.25, 0.3) is 0 Å². The molecule has 0 saturated heterocycles. The summed E-state index contributed by atoms with van der Waals surface area (Å²) in [5, 5.41) is 0.680. The van der Waals surface area contributed by atoms with Gasteiger partial charge in [0, 0.05) is 11.8 Å². The predicted octanol–water partition coefficient (Wildman–Crippen LogP) is 2.76. The highest BCUT2D eigenvalue weighted by Gasteiger charge is 2.43. The molecule has 0 radical (unpaired) electrons. The van der Waals surface area contributed by atoms with Gasteiger partial charge in [-0.05, 0) is 29.1 Å². The highest BCUT2D eigenvalue weighted by atomic mass is 32.2. The van der Waals surface area contributed by atoms with Gasteiger partial charge in [-0.3, -0.25) is 11.3 Å². The Balaban J connectivity index is 1.88. The van der Waals surface area contributed by atoms with E-state index in [0.717, 1.165) is 5.75 Å². The van der Waals surface area contributed by atoms with Crippen molar-refractivity contribution in [3.63, 3.8) is 0 Å². The topological polar surface area (TPSA) is 38.0 Å². The van der Waals surface area contributed by atoms with Gasteiger partial charge in [0.05, 0.1) is 0 Å². The van der Waals surface area contributed by atoms with Crippen molar-refractivity contribution in [2.75, 3.05) is 5.75 Å². The van der Waals surface area contributed by atoms with Crippen LogP contribution in [0.5, 0.6) is 0 Å². The number of thioether (sulfide) groups is 1. The van der Waals surface area contributed by atoms with Crippen molar-refractivity contribution < 1.29 is 0 Å². The molecule has 1 aliphatic rings. The zero-order valence-electron chi connectivity index (χ0n) is 10.6. The first-order valence-corrected chi connectivity index (χ1v) is 7.40. The highest BCUT2D eigenvalue weighted by molar-refractivity contribution is 7.99. The molecule has 1 aliphatic carbocycles. The first-order chi connectivity index (χ1) is 8.22. The summed E-state index contributed by atoms with van der Waals surface area (Å²) in [5.41, 5.74) is 4.46. The average Bonchev–Trinajstić information content (AvgIpc) is 3.11. The zero-order valence-corrected chi connectivity index (χ0v) is 11.4. The average molecular weight is 250 g/mol. The van der Waals surface area contributed by atoms with Crippen molar-refractivity contribution in [2.24, 2.45) is 11.8 Å². The second-order valence-corrected chi connectivity index (χ2v) is 6.68. The van der Waals surface area contributed by atoms with Crippen molar-refractivity contribution in [2.45, 2.75) is 37.5 Å². The molecule has 3 N–H and O–H groups in total. The minimum atomic E-state index is 0.451. The molecule has 0 aromatic heterocycles. The Morgan fingerprint density at radius 1 is 1.35 bits per heavy atom. The van der Waals surface area contributed by atoms with E-state index < -0.39 is 0 Å². The fourth-order valence-corrected chi connectivity index (χ4v) is 3.27. The third kappa shape index (κ3) is 3.47. The Bertz CT molecular complexity index is 339. The molecule has 2 rings (SSSR count). The van der Waals surface area contributed by atoms with Crippen LogP contribution in [0.4, 0.5) is 0 Å². The minimum Gasteiger partial charge on any atom is -0.271 e. The van der Waals surface area contributed by atoms with Gasteiger partial charge in [0.15, 0.2) is 0 Å². The fraction of sp³-hybridized carbons (Fsp3) is 0.571. The van der Waals surface area contributed by atoms with Crippen LogP contribution in [0.3, 0.4) is 0 Å². The van der Waals surface area contributed by atoms with Gasteiger partial charge in [-0.1, -0.05) is 44.2 Å². The van der Waals surface area contributed by atoms with Crippen molar-refractivity contribution in [3.05, 3.63) is 35.9 Å². The van der Waals surface area contributed by atoms with Crippen LogP contribution >= 0.6 is 11.8 Å². The van der Waals surface area contributed by atoms with Crippen molar-refractivity contribution in [3.8, 4) is 0 Å². The van der Waals surface area contributed by atoms with Gasteiger partial charge < -0.3 is 0 Å². The van der Waals surface area contributed by atoms with Crippen LogP contribution in [0, 0.1) is 5.92 Å². The summed E-state index contributed by atoms with van der Waals surface area (Å²) in [6.07, 6.45) is 1.28. The Morgan fingerprint density at radius 3 is 2.65 bits per heavy atom. The Kier molecular flexibility index (Phi) is 4.48. The van der Waals surface area contributed by atoms with E-state index in [2.05, 4.69) is 49.6 Å². The summed E-state index contributed by atoms with van der Waals surface area (Å²) in [7, 11) is 0. The molecule has 17 heavy (non-hydrogen) atoms. The standard InChI is InChI=1S/C14H22N2S/c1-10(2)17-9-14(16-15)13-8-12(13)11-6-4-3-5-7-11/h3-7,10,12-14,16H,8-9,15H2,1-2H3. The number of benzene rings is 1. The molecule has 0 bridgehead atoms. The van der Waals surface area contributed by atoms with Gasteiger partial charge in [-0.15, -0.1) is 0 Å². The summed E-state index contributed by atoms with van der Waals surface area (Å²) >= 11 is 1.99. The molecule has 1 aromatic rings. The van der Waals surface area contributed by atoms with Gasteiger partial charge >= 0.3 is 0 Å². The Morgan fingerprint density at radius 2 is 2.06 bits per heavy atom. The number of hydrogen-bond acceptors (Lipinski definition) is 3. The second kappa shape index (κ2) is 5.89. The molecule has 0 aliphatic heterocycles. The number of nitrogens with two attached hydrogens (primary N) is 1. The van der Waals surface area contributed by atoms with E-state index in [9.17, 15) is 0 Å². The zero-order chi connectivity index (χ0) is 12.3. The van der Waals surface area contributed by atoms with Crippen LogP contribution in [-0.4, -0.2) is 17.0 Å². The third-order valence-electron chi connectivity index (χ3n) is 3.41. The SMILES string of the molecule is CC(C)SCC(NN)C1CC1c1ccccc1. The lowest BCUT2D eigenvalue weighted by atomic mass is 10.1. The van der Waals surface area contributed by atoms with E-state index in [1.165, 1.54) is 12.0 Å². The lowest BCUT2D eigenvalue weighted by molar-refractivity contribution is 0.510. The Hall–Kier alpha value is -0.510. The van der Waals surface area contributed by atoms with E-state index in [1.807, 2.05) is 11.8 Å². The molecular formula is C14H22N2S. The second-order valence-electron chi connectivity index (χ2n) is 5.07. The normalized spacial score (nSPS) is 24.9. The molecule has 0 heterocycles. The number of hydrazine groups is 1. The summed E-state index contributed by atoms with van der Waals surface area (Å²) in [5.74, 6) is 8.22. The van der Waals surface area contributed by atoms with E-state index >= 15 is 0 Å². The lowest BCUT2D eigenvalue weighted by Crippen LogP contribution is -2.39. The van der Waals surface area contributed by atoms with Crippen molar-refractivity contribution >= 4 is 11.8 Å². The number of rotatable bonds is 6. The summed E-state index contributed by atoms with van der Waals surface area (Å²) in [6.45, 7) is 4.47. The van der Waals surface area contributed by atoms with E-state index in [4.69, 9.17) is 5.84 Å². The molecule has 0 amide bonds. The van der Waals surface area contributed by atoms with Crippen molar-refractivity contribution in [1.29, 1.82) is 0 Å². The van der Waals surface area contributed by atoms with E-state index in [-0.39, 0.29) is 0 Å². The molecule has 1 saturated carbocycles. The van der Waals surface area contributed by atoms with Gasteiger partial charge in [-0.25, -0.2) is 0 Å². The van der Waals surface area contributed by atoms with Crippen LogP contribution < -0.4 is 11.3 Å². The maximum absolute atomic E-state index is 5.68. The number of hydrogen-bond donors (Lipinski definition) is 2. The largest absolute Gasteiger partial charge is 0.271 e. The molecule has 3 heteroatoms. The molecular weight excluding hydrogens is 228 g/mol. The summed E-state index contributed by atoms with van der Waals surface area (Å²) < 4.78 is 0. The molecule has 3 atom stereocenters. The van der Waals surface area contributed by atoms with Gasteiger partial charge in [0.2, 0.25) is 0 Å².